The summed E-state index contributed by atoms with van der Waals surface area (Å²) in [6.07, 6.45) is 4.43. The number of sulfonamides is 1. The second-order valence-electron chi connectivity index (χ2n) is 6.91. The summed E-state index contributed by atoms with van der Waals surface area (Å²) in [6.45, 7) is 4.11. The molecular formula is C18H27N3O4S. The molecule has 3 amide bonds. The first kappa shape index (κ1) is 20.2. The maximum Gasteiger partial charge on any atom is 0.328 e. The van der Waals surface area contributed by atoms with E-state index in [1.165, 1.54) is 19.1 Å². The molecule has 144 valence electrons. The highest BCUT2D eigenvalue weighted by Crippen LogP contribution is 2.23. The first-order valence-electron chi connectivity index (χ1n) is 8.93. The molecule has 1 aliphatic rings. The van der Waals surface area contributed by atoms with Gasteiger partial charge >= 0.3 is 6.03 Å². The van der Waals surface area contributed by atoms with Crippen LogP contribution in [-0.4, -0.2) is 32.9 Å². The normalized spacial score (nSPS) is 20.2. The minimum Gasteiger partial charge on any atom is -0.356 e. The summed E-state index contributed by atoms with van der Waals surface area (Å²) in [5.74, 6) is 0.552. The van der Waals surface area contributed by atoms with Gasteiger partial charge in [-0.15, -0.1) is 0 Å². The fraction of sp³-hybridized carbons (Fsp3) is 0.556. The molecule has 0 spiro atoms. The Morgan fingerprint density at radius 1 is 1.08 bits per heavy atom. The van der Waals surface area contributed by atoms with E-state index in [-0.39, 0.29) is 16.8 Å². The van der Waals surface area contributed by atoms with Gasteiger partial charge in [-0.05, 0) is 55.7 Å². The Labute approximate surface area is 155 Å². The monoisotopic (exact) mass is 381 g/mol. The van der Waals surface area contributed by atoms with Crippen molar-refractivity contribution in [1.29, 1.82) is 0 Å². The Morgan fingerprint density at radius 2 is 1.69 bits per heavy atom. The van der Waals surface area contributed by atoms with Crippen molar-refractivity contribution in [2.75, 3.05) is 6.54 Å². The molecule has 0 aromatic heterocycles. The van der Waals surface area contributed by atoms with Crippen LogP contribution in [0.15, 0.2) is 29.2 Å². The maximum absolute atomic E-state index is 12.3. The maximum atomic E-state index is 12.3. The quantitative estimate of drug-likeness (QED) is 0.700. The van der Waals surface area contributed by atoms with Crippen LogP contribution in [0.1, 0.15) is 45.1 Å². The largest absolute Gasteiger partial charge is 0.356 e. The molecule has 7 nitrogen and oxygen atoms in total. The highest BCUT2D eigenvalue weighted by atomic mass is 32.2. The first-order chi connectivity index (χ1) is 12.3. The van der Waals surface area contributed by atoms with E-state index in [0.717, 1.165) is 31.2 Å². The number of benzene rings is 1. The van der Waals surface area contributed by atoms with Gasteiger partial charge < -0.3 is 10.6 Å². The van der Waals surface area contributed by atoms with Gasteiger partial charge in [-0.1, -0.05) is 19.1 Å². The number of carbonyl (C=O) groups is 2. The minimum atomic E-state index is -3.90. The molecule has 0 heterocycles. The van der Waals surface area contributed by atoms with E-state index in [9.17, 15) is 18.0 Å². The molecular weight excluding hydrogens is 354 g/mol. The molecule has 0 radical (unpaired) electrons. The van der Waals surface area contributed by atoms with Crippen molar-refractivity contribution in [1.82, 2.24) is 15.4 Å². The van der Waals surface area contributed by atoms with E-state index >= 15 is 0 Å². The summed E-state index contributed by atoms with van der Waals surface area (Å²) in [6, 6.07) is 5.62. The molecule has 1 fully saturated rings. The van der Waals surface area contributed by atoms with Crippen LogP contribution in [0.2, 0.25) is 0 Å². The molecule has 1 aliphatic carbocycles. The van der Waals surface area contributed by atoms with Gasteiger partial charge in [-0.3, -0.25) is 4.79 Å². The molecule has 1 aromatic rings. The fourth-order valence-electron chi connectivity index (χ4n) is 3.02. The third-order valence-electron chi connectivity index (χ3n) is 4.60. The lowest BCUT2D eigenvalue weighted by Crippen LogP contribution is -2.45. The highest BCUT2D eigenvalue weighted by molar-refractivity contribution is 7.90. The number of nitrogens with one attached hydrogen (secondary N) is 3. The number of hydrogen-bond acceptors (Lipinski definition) is 4. The fourth-order valence-corrected chi connectivity index (χ4v) is 3.93. The predicted molar refractivity (Wildman–Crippen MR) is 99.1 cm³/mol. The van der Waals surface area contributed by atoms with Crippen LogP contribution >= 0.6 is 0 Å². The van der Waals surface area contributed by atoms with Gasteiger partial charge in [0.1, 0.15) is 0 Å². The van der Waals surface area contributed by atoms with E-state index in [2.05, 4.69) is 22.3 Å². The lowest BCUT2D eigenvalue weighted by molar-refractivity contribution is -0.118. The van der Waals surface area contributed by atoms with Crippen molar-refractivity contribution >= 4 is 22.0 Å². The van der Waals surface area contributed by atoms with Crippen LogP contribution in [0.25, 0.3) is 0 Å². The van der Waals surface area contributed by atoms with Crippen LogP contribution in [0.4, 0.5) is 4.79 Å². The smallest absolute Gasteiger partial charge is 0.328 e. The average molecular weight is 381 g/mol. The van der Waals surface area contributed by atoms with Gasteiger partial charge in [-0.2, -0.15) is 0 Å². The number of carbonyl (C=O) groups excluding carboxylic acids is 2. The molecule has 0 bridgehead atoms. The molecule has 2 rings (SSSR count). The lowest BCUT2D eigenvalue weighted by atomic mass is 9.87. The van der Waals surface area contributed by atoms with Crippen LogP contribution in [0.3, 0.4) is 0 Å². The Bertz CT molecular complexity index is 723. The zero-order valence-electron chi connectivity index (χ0n) is 15.2. The third-order valence-corrected chi connectivity index (χ3v) is 5.95. The van der Waals surface area contributed by atoms with E-state index < -0.39 is 16.1 Å². The molecule has 0 saturated heterocycles. The van der Waals surface area contributed by atoms with Gasteiger partial charge in [0.25, 0.3) is 10.0 Å². The van der Waals surface area contributed by atoms with Crippen LogP contribution in [0.5, 0.6) is 0 Å². The predicted octanol–water partition coefficient (Wildman–Crippen LogP) is 1.93. The van der Waals surface area contributed by atoms with Gasteiger partial charge in [-0.25, -0.2) is 17.9 Å². The van der Waals surface area contributed by atoms with Crippen molar-refractivity contribution in [3.63, 3.8) is 0 Å². The summed E-state index contributed by atoms with van der Waals surface area (Å²) in [7, 11) is -3.90. The molecule has 0 atom stereocenters. The number of hydrogen-bond donors (Lipinski definition) is 3. The molecule has 26 heavy (non-hydrogen) atoms. The second kappa shape index (κ2) is 9.02. The van der Waals surface area contributed by atoms with E-state index in [4.69, 9.17) is 0 Å². The standard InChI is InChI=1S/C18H27N3O4S/c1-13-3-7-16(8-4-13)20-18(23)21-26(24,25)17-9-5-15(6-10-17)11-12-19-14(2)22/h5-6,9-10,13,16H,3-4,7-8,11-12H2,1-2H3,(H,19,22)(H2,20,21,23). The summed E-state index contributed by atoms with van der Waals surface area (Å²) >= 11 is 0. The number of rotatable bonds is 6. The third kappa shape index (κ3) is 6.33. The zero-order valence-corrected chi connectivity index (χ0v) is 16.1. The highest BCUT2D eigenvalue weighted by Gasteiger charge is 2.22. The van der Waals surface area contributed by atoms with E-state index in [1.54, 1.807) is 12.1 Å². The average Bonchev–Trinajstić information content (AvgIpc) is 2.56. The summed E-state index contributed by atoms with van der Waals surface area (Å²) < 4.78 is 26.7. The molecule has 0 aliphatic heterocycles. The summed E-state index contributed by atoms with van der Waals surface area (Å²) in [5.41, 5.74) is 0.901. The molecule has 1 aromatic carbocycles. The van der Waals surface area contributed by atoms with E-state index in [0.29, 0.717) is 18.9 Å². The van der Waals surface area contributed by atoms with Crippen LogP contribution in [-0.2, 0) is 21.2 Å². The van der Waals surface area contributed by atoms with Gasteiger partial charge in [0.15, 0.2) is 0 Å². The Balaban J connectivity index is 1.88. The number of amides is 3. The molecule has 8 heteroatoms. The minimum absolute atomic E-state index is 0.0255. The van der Waals surface area contributed by atoms with Crippen molar-refractivity contribution in [3.8, 4) is 0 Å². The zero-order chi connectivity index (χ0) is 19.2. The van der Waals surface area contributed by atoms with Crippen molar-refractivity contribution in [3.05, 3.63) is 29.8 Å². The van der Waals surface area contributed by atoms with Crippen LogP contribution < -0.4 is 15.4 Å². The van der Waals surface area contributed by atoms with Crippen molar-refractivity contribution in [2.24, 2.45) is 5.92 Å². The van der Waals surface area contributed by atoms with Crippen LogP contribution in [0, 0.1) is 5.92 Å². The first-order valence-corrected chi connectivity index (χ1v) is 10.4. The second-order valence-corrected chi connectivity index (χ2v) is 8.60. The van der Waals surface area contributed by atoms with Gasteiger partial charge in [0.05, 0.1) is 4.90 Å². The summed E-state index contributed by atoms with van der Waals surface area (Å²) in [4.78, 5) is 22.9. The topological polar surface area (TPSA) is 104 Å². The molecule has 1 saturated carbocycles. The van der Waals surface area contributed by atoms with E-state index in [1.807, 2.05) is 0 Å². The molecule has 3 N–H and O–H groups in total. The number of urea groups is 1. The van der Waals surface area contributed by atoms with Crippen molar-refractivity contribution in [2.45, 2.75) is 56.9 Å². The Kier molecular flexibility index (Phi) is 7.02. The Morgan fingerprint density at radius 3 is 2.27 bits per heavy atom. The molecule has 0 unspecified atom stereocenters. The van der Waals surface area contributed by atoms with Crippen molar-refractivity contribution < 1.29 is 18.0 Å². The van der Waals surface area contributed by atoms with Gasteiger partial charge in [0, 0.05) is 19.5 Å². The Hall–Kier alpha value is -2.09. The summed E-state index contributed by atoms with van der Waals surface area (Å²) in [5, 5.41) is 5.43. The van der Waals surface area contributed by atoms with Gasteiger partial charge in [0.2, 0.25) is 5.91 Å². The SMILES string of the molecule is CC(=O)NCCc1ccc(S(=O)(=O)NC(=O)NC2CCC(C)CC2)cc1. The lowest BCUT2D eigenvalue weighted by Gasteiger charge is -2.26.